The Morgan fingerprint density at radius 3 is 2.22 bits per heavy atom. The van der Waals surface area contributed by atoms with Crippen LogP contribution in [0.4, 0.5) is 0 Å². The van der Waals surface area contributed by atoms with Crippen molar-refractivity contribution < 1.29 is 8.42 Å². The second-order valence-electron chi connectivity index (χ2n) is 5.30. The van der Waals surface area contributed by atoms with E-state index in [1.807, 2.05) is 31.2 Å². The van der Waals surface area contributed by atoms with Crippen molar-refractivity contribution in [2.24, 2.45) is 5.73 Å². The molecule has 1 aliphatic carbocycles. The van der Waals surface area contributed by atoms with Gasteiger partial charge in [-0.3, -0.25) is 0 Å². The van der Waals surface area contributed by atoms with Crippen LogP contribution in [0, 0.1) is 0 Å². The first kappa shape index (κ1) is 13.5. The van der Waals surface area contributed by atoms with E-state index in [2.05, 4.69) is 4.72 Å². The van der Waals surface area contributed by atoms with Crippen LogP contribution in [0.3, 0.4) is 0 Å². The summed E-state index contributed by atoms with van der Waals surface area (Å²) in [4.78, 5) is 0. The van der Waals surface area contributed by atoms with Crippen molar-refractivity contribution in [3.8, 4) is 0 Å². The first-order valence-electron chi connectivity index (χ1n) is 6.22. The van der Waals surface area contributed by atoms with Gasteiger partial charge in [0.25, 0.3) is 0 Å². The third-order valence-corrected chi connectivity index (χ3v) is 4.99. The third-order valence-electron chi connectivity index (χ3n) is 3.47. The molecular weight excluding hydrogens is 248 g/mol. The van der Waals surface area contributed by atoms with E-state index in [0.29, 0.717) is 6.54 Å². The standard InChI is InChI=1S/C13H20N2O2S/c1-13(7-2-8-13)15-18(16,17)10-12-5-3-11(9-14)4-6-12/h3-6,15H,2,7-10,14H2,1H3. The van der Waals surface area contributed by atoms with Gasteiger partial charge in [0.1, 0.15) is 0 Å². The van der Waals surface area contributed by atoms with E-state index in [-0.39, 0.29) is 11.3 Å². The van der Waals surface area contributed by atoms with Crippen molar-refractivity contribution in [3.63, 3.8) is 0 Å². The van der Waals surface area contributed by atoms with Gasteiger partial charge < -0.3 is 5.73 Å². The molecule has 1 aliphatic rings. The van der Waals surface area contributed by atoms with Crippen LogP contribution in [-0.2, 0) is 22.3 Å². The summed E-state index contributed by atoms with van der Waals surface area (Å²) in [5.41, 5.74) is 7.08. The largest absolute Gasteiger partial charge is 0.326 e. The van der Waals surface area contributed by atoms with Crippen molar-refractivity contribution in [1.29, 1.82) is 0 Å². The highest BCUT2D eigenvalue weighted by atomic mass is 32.2. The van der Waals surface area contributed by atoms with Crippen molar-refractivity contribution in [1.82, 2.24) is 4.72 Å². The molecule has 1 aromatic rings. The zero-order chi connectivity index (χ0) is 13.2. The summed E-state index contributed by atoms with van der Waals surface area (Å²) in [7, 11) is -3.25. The van der Waals surface area contributed by atoms with Crippen molar-refractivity contribution in [2.75, 3.05) is 0 Å². The van der Waals surface area contributed by atoms with Gasteiger partial charge in [0.2, 0.25) is 10.0 Å². The maximum absolute atomic E-state index is 12.0. The molecule has 1 aromatic carbocycles. The molecule has 3 N–H and O–H groups in total. The second kappa shape index (κ2) is 4.99. The Labute approximate surface area is 109 Å². The molecule has 5 heteroatoms. The van der Waals surface area contributed by atoms with E-state index < -0.39 is 10.0 Å². The molecule has 0 aliphatic heterocycles. The molecule has 0 heterocycles. The highest BCUT2D eigenvalue weighted by molar-refractivity contribution is 7.88. The Morgan fingerprint density at radius 2 is 1.78 bits per heavy atom. The number of nitrogens with one attached hydrogen (secondary N) is 1. The molecule has 0 saturated heterocycles. The molecule has 0 spiro atoms. The van der Waals surface area contributed by atoms with Crippen molar-refractivity contribution in [2.45, 2.75) is 44.0 Å². The van der Waals surface area contributed by atoms with Crippen LogP contribution < -0.4 is 10.5 Å². The van der Waals surface area contributed by atoms with Gasteiger partial charge >= 0.3 is 0 Å². The van der Waals surface area contributed by atoms with Crippen LogP contribution in [-0.4, -0.2) is 14.0 Å². The molecule has 1 fully saturated rings. The Hall–Kier alpha value is -0.910. The molecule has 0 atom stereocenters. The van der Waals surface area contributed by atoms with E-state index in [1.165, 1.54) is 0 Å². The first-order chi connectivity index (χ1) is 8.42. The van der Waals surface area contributed by atoms with Gasteiger partial charge in [-0.1, -0.05) is 24.3 Å². The SMILES string of the molecule is CC1(NS(=O)(=O)Cc2ccc(CN)cc2)CCC1. The normalized spacial score (nSPS) is 18.3. The van der Waals surface area contributed by atoms with Gasteiger partial charge in [-0.25, -0.2) is 13.1 Å². The molecule has 0 unspecified atom stereocenters. The molecule has 0 radical (unpaired) electrons. The predicted octanol–water partition coefficient (Wildman–Crippen LogP) is 1.51. The van der Waals surface area contributed by atoms with Gasteiger partial charge in [-0.05, 0) is 37.3 Å². The van der Waals surface area contributed by atoms with Gasteiger partial charge in [0, 0.05) is 12.1 Å². The zero-order valence-corrected chi connectivity index (χ0v) is 11.5. The quantitative estimate of drug-likeness (QED) is 0.850. The lowest BCUT2D eigenvalue weighted by atomic mass is 9.80. The van der Waals surface area contributed by atoms with E-state index in [1.54, 1.807) is 0 Å². The number of hydrogen-bond acceptors (Lipinski definition) is 3. The lowest BCUT2D eigenvalue weighted by molar-refractivity contribution is 0.248. The van der Waals surface area contributed by atoms with Crippen LogP contribution in [0.25, 0.3) is 0 Å². The monoisotopic (exact) mass is 268 g/mol. The van der Waals surface area contributed by atoms with Crippen molar-refractivity contribution >= 4 is 10.0 Å². The Balaban J connectivity index is 2.02. The maximum Gasteiger partial charge on any atom is 0.216 e. The minimum atomic E-state index is -3.25. The van der Waals surface area contributed by atoms with Crippen LogP contribution >= 0.6 is 0 Å². The fraction of sp³-hybridized carbons (Fsp3) is 0.538. The highest BCUT2D eigenvalue weighted by Crippen LogP contribution is 2.31. The van der Waals surface area contributed by atoms with Crippen LogP contribution in [0.15, 0.2) is 24.3 Å². The van der Waals surface area contributed by atoms with E-state index >= 15 is 0 Å². The molecular formula is C13H20N2O2S. The van der Waals surface area contributed by atoms with E-state index in [9.17, 15) is 8.42 Å². The lowest BCUT2D eigenvalue weighted by Gasteiger charge is -2.38. The van der Waals surface area contributed by atoms with Gasteiger partial charge in [-0.15, -0.1) is 0 Å². The molecule has 4 nitrogen and oxygen atoms in total. The minimum Gasteiger partial charge on any atom is -0.326 e. The summed E-state index contributed by atoms with van der Waals surface area (Å²) in [5, 5.41) is 0. The fourth-order valence-corrected chi connectivity index (χ4v) is 3.87. The van der Waals surface area contributed by atoms with Crippen molar-refractivity contribution in [3.05, 3.63) is 35.4 Å². The van der Waals surface area contributed by atoms with E-state index in [0.717, 1.165) is 30.4 Å². The topological polar surface area (TPSA) is 72.2 Å². The van der Waals surface area contributed by atoms with Gasteiger partial charge in [-0.2, -0.15) is 0 Å². The number of hydrogen-bond donors (Lipinski definition) is 2. The second-order valence-corrected chi connectivity index (χ2v) is 7.02. The molecule has 18 heavy (non-hydrogen) atoms. The fourth-order valence-electron chi connectivity index (χ4n) is 2.21. The Kier molecular flexibility index (Phi) is 3.75. The third kappa shape index (κ3) is 3.31. The average molecular weight is 268 g/mol. The minimum absolute atomic E-state index is 0.0352. The Bertz CT molecular complexity index is 504. The number of sulfonamides is 1. The van der Waals surface area contributed by atoms with Crippen LogP contribution in [0.1, 0.15) is 37.3 Å². The molecule has 100 valence electrons. The molecule has 2 rings (SSSR count). The lowest BCUT2D eigenvalue weighted by Crippen LogP contribution is -2.51. The summed E-state index contributed by atoms with van der Waals surface area (Å²) in [5.74, 6) is 0.0352. The number of benzene rings is 1. The zero-order valence-electron chi connectivity index (χ0n) is 10.6. The molecule has 1 saturated carbocycles. The van der Waals surface area contributed by atoms with Gasteiger partial charge in [0.15, 0.2) is 0 Å². The Morgan fingerprint density at radius 1 is 1.22 bits per heavy atom. The van der Waals surface area contributed by atoms with Crippen LogP contribution in [0.5, 0.6) is 0 Å². The highest BCUT2D eigenvalue weighted by Gasteiger charge is 2.35. The summed E-state index contributed by atoms with van der Waals surface area (Å²) >= 11 is 0. The summed E-state index contributed by atoms with van der Waals surface area (Å²) in [6.07, 6.45) is 2.96. The smallest absolute Gasteiger partial charge is 0.216 e. The predicted molar refractivity (Wildman–Crippen MR) is 72.3 cm³/mol. The molecule has 0 bridgehead atoms. The summed E-state index contributed by atoms with van der Waals surface area (Å²) in [6, 6.07) is 7.39. The maximum atomic E-state index is 12.0. The molecule has 0 amide bonds. The molecule has 0 aromatic heterocycles. The van der Waals surface area contributed by atoms with E-state index in [4.69, 9.17) is 5.73 Å². The van der Waals surface area contributed by atoms with Gasteiger partial charge in [0.05, 0.1) is 5.75 Å². The average Bonchev–Trinajstić information content (AvgIpc) is 2.27. The summed E-state index contributed by atoms with van der Waals surface area (Å²) < 4.78 is 26.8. The first-order valence-corrected chi connectivity index (χ1v) is 7.87. The van der Waals surface area contributed by atoms with Crippen LogP contribution in [0.2, 0.25) is 0 Å². The number of rotatable bonds is 5. The number of nitrogens with two attached hydrogens (primary N) is 1. The summed E-state index contributed by atoms with van der Waals surface area (Å²) in [6.45, 7) is 2.44.